The van der Waals surface area contributed by atoms with E-state index in [1.165, 1.54) is 5.56 Å². The van der Waals surface area contributed by atoms with E-state index in [-0.39, 0.29) is 0 Å². The van der Waals surface area contributed by atoms with Gasteiger partial charge in [-0.1, -0.05) is 13.8 Å². The van der Waals surface area contributed by atoms with E-state index in [1.807, 2.05) is 32.9 Å². The van der Waals surface area contributed by atoms with Crippen molar-refractivity contribution in [3.8, 4) is 0 Å². The monoisotopic (exact) mass is 196 g/mol. The van der Waals surface area contributed by atoms with Crippen LogP contribution in [-0.2, 0) is 4.74 Å². The van der Waals surface area contributed by atoms with Crippen molar-refractivity contribution in [2.75, 3.05) is 25.6 Å². The Morgan fingerprint density at radius 1 is 1.43 bits per heavy atom. The molecule has 80 valence electrons. The Balaban J connectivity index is 0.000000791. The number of methoxy groups -OCH3 is 1. The zero-order valence-corrected chi connectivity index (χ0v) is 9.50. The second-order valence-electron chi connectivity index (χ2n) is 2.64. The molecular weight excluding hydrogens is 176 g/mol. The fourth-order valence-electron chi connectivity index (χ4n) is 0.914. The van der Waals surface area contributed by atoms with Crippen LogP contribution in [0.5, 0.6) is 0 Å². The van der Waals surface area contributed by atoms with Gasteiger partial charge < -0.3 is 10.1 Å². The summed E-state index contributed by atoms with van der Waals surface area (Å²) >= 11 is 0. The molecule has 1 aromatic heterocycles. The van der Waals surface area contributed by atoms with Gasteiger partial charge in [0.15, 0.2) is 0 Å². The summed E-state index contributed by atoms with van der Waals surface area (Å²) in [5, 5.41) is 3.15. The highest BCUT2D eigenvalue weighted by atomic mass is 16.5. The maximum Gasteiger partial charge on any atom is 0.126 e. The lowest BCUT2D eigenvalue weighted by Gasteiger charge is -2.04. The zero-order valence-electron chi connectivity index (χ0n) is 9.50. The van der Waals surface area contributed by atoms with Crippen LogP contribution in [0, 0.1) is 6.92 Å². The fourth-order valence-corrected chi connectivity index (χ4v) is 0.914. The predicted molar refractivity (Wildman–Crippen MR) is 60.7 cm³/mol. The molecule has 1 rings (SSSR count). The van der Waals surface area contributed by atoms with E-state index < -0.39 is 0 Å². The summed E-state index contributed by atoms with van der Waals surface area (Å²) in [6.45, 7) is 7.55. The van der Waals surface area contributed by atoms with E-state index in [0.29, 0.717) is 6.61 Å². The third-order valence-corrected chi connectivity index (χ3v) is 1.53. The van der Waals surface area contributed by atoms with Crippen molar-refractivity contribution < 1.29 is 4.74 Å². The minimum absolute atomic E-state index is 0.704. The Morgan fingerprint density at radius 2 is 2.14 bits per heavy atom. The lowest BCUT2D eigenvalue weighted by molar-refractivity contribution is 0.210. The molecule has 0 unspecified atom stereocenters. The van der Waals surface area contributed by atoms with Crippen LogP contribution in [0.3, 0.4) is 0 Å². The topological polar surface area (TPSA) is 34.1 Å². The third kappa shape index (κ3) is 5.54. The molecule has 0 saturated carbocycles. The Labute approximate surface area is 86.5 Å². The van der Waals surface area contributed by atoms with Crippen LogP contribution in [0.4, 0.5) is 5.82 Å². The maximum atomic E-state index is 4.90. The minimum atomic E-state index is 0.704. The standard InChI is InChI=1S/C9H14N2O.C2H6/c1-8-3-4-10-9(7-8)11-5-6-12-2;1-2/h3-4,7H,5-6H2,1-2H3,(H,10,11);1-2H3. The summed E-state index contributed by atoms with van der Waals surface area (Å²) in [5.74, 6) is 0.909. The van der Waals surface area contributed by atoms with Crippen LogP contribution in [0.1, 0.15) is 19.4 Å². The van der Waals surface area contributed by atoms with Crippen molar-refractivity contribution in [1.82, 2.24) is 4.98 Å². The Bertz CT molecular complexity index is 238. The minimum Gasteiger partial charge on any atom is -0.383 e. The molecule has 0 spiro atoms. The molecule has 14 heavy (non-hydrogen) atoms. The van der Waals surface area contributed by atoms with Gasteiger partial charge in [0.1, 0.15) is 5.82 Å². The summed E-state index contributed by atoms with van der Waals surface area (Å²) in [6.07, 6.45) is 1.80. The summed E-state index contributed by atoms with van der Waals surface area (Å²) < 4.78 is 4.90. The largest absolute Gasteiger partial charge is 0.383 e. The third-order valence-electron chi connectivity index (χ3n) is 1.53. The predicted octanol–water partition coefficient (Wildman–Crippen LogP) is 2.47. The first-order valence-electron chi connectivity index (χ1n) is 4.98. The Hall–Kier alpha value is -1.09. The molecule has 0 radical (unpaired) electrons. The van der Waals surface area contributed by atoms with Crippen LogP contribution >= 0.6 is 0 Å². The first-order valence-corrected chi connectivity index (χ1v) is 4.98. The number of nitrogens with zero attached hydrogens (tertiary/aromatic N) is 1. The Kier molecular flexibility index (Phi) is 7.84. The summed E-state index contributed by atoms with van der Waals surface area (Å²) in [7, 11) is 1.69. The molecule has 0 aliphatic heterocycles. The van der Waals surface area contributed by atoms with E-state index in [1.54, 1.807) is 13.3 Å². The lowest BCUT2D eigenvalue weighted by atomic mass is 10.3. The smallest absolute Gasteiger partial charge is 0.126 e. The zero-order chi connectivity index (χ0) is 10.8. The molecule has 0 fully saturated rings. The number of hydrogen-bond donors (Lipinski definition) is 1. The van der Waals surface area contributed by atoms with Crippen LogP contribution in [-0.4, -0.2) is 25.2 Å². The van der Waals surface area contributed by atoms with E-state index in [0.717, 1.165) is 12.4 Å². The SMILES string of the molecule is CC.COCCNc1cc(C)ccn1. The molecule has 1 aromatic rings. The molecule has 3 nitrogen and oxygen atoms in total. The van der Waals surface area contributed by atoms with Gasteiger partial charge in [-0.2, -0.15) is 0 Å². The molecule has 0 aliphatic rings. The van der Waals surface area contributed by atoms with Gasteiger partial charge in [-0.25, -0.2) is 4.98 Å². The van der Waals surface area contributed by atoms with Gasteiger partial charge in [0.25, 0.3) is 0 Å². The van der Waals surface area contributed by atoms with Gasteiger partial charge in [-0.05, 0) is 24.6 Å². The summed E-state index contributed by atoms with van der Waals surface area (Å²) in [4.78, 5) is 4.14. The van der Waals surface area contributed by atoms with E-state index in [4.69, 9.17) is 4.74 Å². The molecule has 0 aromatic carbocycles. The van der Waals surface area contributed by atoms with Gasteiger partial charge in [0.05, 0.1) is 6.61 Å². The van der Waals surface area contributed by atoms with E-state index >= 15 is 0 Å². The van der Waals surface area contributed by atoms with Crippen LogP contribution < -0.4 is 5.32 Å². The maximum absolute atomic E-state index is 4.90. The number of pyridine rings is 1. The van der Waals surface area contributed by atoms with E-state index in [9.17, 15) is 0 Å². The summed E-state index contributed by atoms with van der Waals surface area (Å²) in [5.41, 5.74) is 1.21. The average molecular weight is 196 g/mol. The molecule has 0 bridgehead atoms. The van der Waals surface area contributed by atoms with Crippen LogP contribution in [0.15, 0.2) is 18.3 Å². The number of hydrogen-bond acceptors (Lipinski definition) is 3. The van der Waals surface area contributed by atoms with Gasteiger partial charge in [0.2, 0.25) is 0 Å². The highest BCUT2D eigenvalue weighted by Gasteiger charge is 1.91. The van der Waals surface area contributed by atoms with Crippen LogP contribution in [0.25, 0.3) is 0 Å². The highest BCUT2D eigenvalue weighted by molar-refractivity contribution is 5.36. The number of aryl methyl sites for hydroxylation is 1. The lowest BCUT2D eigenvalue weighted by Crippen LogP contribution is -2.08. The molecule has 0 aliphatic carbocycles. The number of anilines is 1. The second kappa shape index (κ2) is 8.51. The van der Waals surface area contributed by atoms with Crippen molar-refractivity contribution in [3.05, 3.63) is 23.9 Å². The van der Waals surface area contributed by atoms with Gasteiger partial charge >= 0.3 is 0 Å². The number of ether oxygens (including phenoxy) is 1. The first kappa shape index (κ1) is 12.9. The van der Waals surface area contributed by atoms with Gasteiger partial charge in [-0.15, -0.1) is 0 Å². The van der Waals surface area contributed by atoms with Crippen molar-refractivity contribution in [3.63, 3.8) is 0 Å². The van der Waals surface area contributed by atoms with Crippen molar-refractivity contribution >= 4 is 5.82 Å². The molecule has 1 heterocycles. The molecule has 3 heteroatoms. The molecule has 0 saturated heterocycles. The normalized spacial score (nSPS) is 8.86. The average Bonchev–Trinajstić information content (AvgIpc) is 2.21. The van der Waals surface area contributed by atoms with Gasteiger partial charge in [-0.3, -0.25) is 0 Å². The van der Waals surface area contributed by atoms with Crippen LogP contribution in [0.2, 0.25) is 0 Å². The number of rotatable bonds is 4. The number of nitrogens with one attached hydrogen (secondary N) is 1. The number of aromatic nitrogens is 1. The van der Waals surface area contributed by atoms with Gasteiger partial charge in [0, 0.05) is 19.9 Å². The second-order valence-corrected chi connectivity index (χ2v) is 2.64. The van der Waals surface area contributed by atoms with Crippen molar-refractivity contribution in [1.29, 1.82) is 0 Å². The van der Waals surface area contributed by atoms with E-state index in [2.05, 4.69) is 10.3 Å². The fraction of sp³-hybridized carbons (Fsp3) is 0.545. The quantitative estimate of drug-likeness (QED) is 0.751. The summed E-state index contributed by atoms with van der Waals surface area (Å²) in [6, 6.07) is 3.98. The molecule has 1 N–H and O–H groups in total. The van der Waals surface area contributed by atoms with Crippen molar-refractivity contribution in [2.45, 2.75) is 20.8 Å². The molecule has 0 atom stereocenters. The molecular formula is C11H20N2O. The Morgan fingerprint density at radius 3 is 2.71 bits per heavy atom. The highest BCUT2D eigenvalue weighted by Crippen LogP contribution is 2.03. The first-order chi connectivity index (χ1) is 6.83. The molecule has 0 amide bonds. The van der Waals surface area contributed by atoms with Crippen molar-refractivity contribution in [2.24, 2.45) is 0 Å².